The number of anilines is 1. The quantitative estimate of drug-likeness (QED) is 0.458. The van der Waals surface area contributed by atoms with Gasteiger partial charge in [0.05, 0.1) is 11.4 Å². The van der Waals surface area contributed by atoms with Gasteiger partial charge in [0.2, 0.25) is 0 Å². The van der Waals surface area contributed by atoms with E-state index in [4.69, 9.17) is 14.0 Å². The molecule has 0 aliphatic heterocycles. The first-order chi connectivity index (χ1) is 15.8. The van der Waals surface area contributed by atoms with Crippen molar-refractivity contribution in [2.24, 2.45) is 0 Å². The minimum atomic E-state index is -0.326. The van der Waals surface area contributed by atoms with Crippen LogP contribution < -0.4 is 20.3 Å². The Bertz CT molecular complexity index is 1390. The topological polar surface area (TPSA) is 95.1 Å². The van der Waals surface area contributed by atoms with Crippen LogP contribution in [-0.4, -0.2) is 22.1 Å². The maximum atomic E-state index is 12.6. The van der Waals surface area contributed by atoms with E-state index in [9.17, 15) is 9.59 Å². The molecule has 1 amide bonds. The summed E-state index contributed by atoms with van der Waals surface area (Å²) in [5, 5.41) is 2.85. The van der Waals surface area contributed by atoms with Crippen molar-refractivity contribution >= 4 is 17.2 Å². The molecule has 0 spiro atoms. The molecule has 8 nitrogen and oxygen atoms in total. The third-order valence-corrected chi connectivity index (χ3v) is 5.01. The molecule has 0 radical (unpaired) electrons. The highest BCUT2D eigenvalue weighted by molar-refractivity contribution is 5.93. The summed E-state index contributed by atoms with van der Waals surface area (Å²) < 4.78 is 18.0. The van der Waals surface area contributed by atoms with Gasteiger partial charge in [-0.25, -0.2) is 4.98 Å². The van der Waals surface area contributed by atoms with Gasteiger partial charge in [-0.1, -0.05) is 18.2 Å². The predicted octanol–water partition coefficient (Wildman–Crippen LogP) is 4.12. The van der Waals surface area contributed by atoms with E-state index in [-0.39, 0.29) is 24.7 Å². The van der Waals surface area contributed by atoms with Gasteiger partial charge in [0.15, 0.2) is 12.3 Å². The number of hydrogen-bond acceptors (Lipinski definition) is 6. The average molecular weight is 447 g/mol. The second kappa shape index (κ2) is 9.20. The average Bonchev–Trinajstić information content (AvgIpc) is 3.14. The second-order valence-electron chi connectivity index (χ2n) is 7.98. The van der Waals surface area contributed by atoms with Gasteiger partial charge in [-0.3, -0.25) is 9.59 Å². The van der Waals surface area contributed by atoms with Crippen LogP contribution in [0.5, 0.6) is 11.5 Å². The Labute approximate surface area is 190 Å². The van der Waals surface area contributed by atoms with Crippen molar-refractivity contribution < 1.29 is 18.8 Å². The van der Waals surface area contributed by atoms with Gasteiger partial charge in [-0.15, -0.1) is 4.57 Å². The Kier molecular flexibility index (Phi) is 6.17. The molecule has 33 heavy (non-hydrogen) atoms. The highest BCUT2D eigenvalue weighted by atomic mass is 16.5. The molecule has 1 N–H and O–H groups in total. The molecule has 4 rings (SSSR count). The Morgan fingerprint density at radius 2 is 1.73 bits per heavy atom. The minimum absolute atomic E-state index is 0.0564. The van der Waals surface area contributed by atoms with Crippen molar-refractivity contribution in [3.05, 3.63) is 87.0 Å². The predicted molar refractivity (Wildman–Crippen MR) is 124 cm³/mol. The zero-order valence-corrected chi connectivity index (χ0v) is 19.0. The molecule has 4 aromatic rings. The van der Waals surface area contributed by atoms with Crippen LogP contribution in [0, 0.1) is 27.7 Å². The van der Waals surface area contributed by atoms with Crippen LogP contribution in [-0.2, 0) is 11.4 Å². The van der Waals surface area contributed by atoms with E-state index in [1.165, 1.54) is 6.07 Å². The van der Waals surface area contributed by atoms with E-state index in [0.717, 1.165) is 21.3 Å². The van der Waals surface area contributed by atoms with E-state index in [1.54, 1.807) is 19.1 Å². The Morgan fingerprint density at radius 3 is 2.55 bits per heavy atom. The third-order valence-electron chi connectivity index (χ3n) is 5.01. The maximum absolute atomic E-state index is 12.6. The van der Waals surface area contributed by atoms with Gasteiger partial charge in [0, 0.05) is 12.1 Å². The zero-order valence-electron chi connectivity index (χ0n) is 19.0. The molecule has 2 aromatic heterocycles. The Balaban J connectivity index is 1.45. The first-order valence-corrected chi connectivity index (χ1v) is 10.5. The molecule has 0 bridgehead atoms. The Morgan fingerprint density at radius 1 is 0.970 bits per heavy atom. The van der Waals surface area contributed by atoms with Gasteiger partial charge < -0.3 is 19.3 Å². The normalized spacial score (nSPS) is 10.9. The molecule has 0 saturated carbocycles. The summed E-state index contributed by atoms with van der Waals surface area (Å²) in [5.41, 5.74) is 4.04. The lowest BCUT2D eigenvalue weighted by Gasteiger charge is -2.14. The summed E-state index contributed by atoms with van der Waals surface area (Å²) in [4.78, 5) is 29.2. The molecule has 0 atom stereocenters. The lowest BCUT2D eigenvalue weighted by Crippen LogP contribution is -2.21. The van der Waals surface area contributed by atoms with E-state index in [1.807, 2.05) is 51.1 Å². The summed E-state index contributed by atoms with van der Waals surface area (Å²) in [6.45, 7) is 7.49. The van der Waals surface area contributed by atoms with Gasteiger partial charge in [-0.05, 0) is 62.6 Å². The maximum Gasteiger partial charge on any atom is 0.287 e. The molecule has 0 aliphatic rings. The van der Waals surface area contributed by atoms with Crippen LogP contribution in [0.3, 0.4) is 0 Å². The third kappa shape index (κ3) is 5.23. The number of ether oxygens (including phenoxy) is 2. The van der Waals surface area contributed by atoms with Crippen molar-refractivity contribution in [2.45, 2.75) is 34.3 Å². The summed E-state index contributed by atoms with van der Waals surface area (Å²) in [7, 11) is 0. The number of nitrogens with one attached hydrogen (secondary N) is 1. The fourth-order valence-electron chi connectivity index (χ4n) is 3.36. The minimum Gasteiger partial charge on any atom is -0.485 e. The van der Waals surface area contributed by atoms with E-state index in [2.05, 4.69) is 10.3 Å². The number of rotatable bonds is 7. The van der Waals surface area contributed by atoms with Crippen LogP contribution in [0.25, 0.3) is 5.65 Å². The van der Waals surface area contributed by atoms with Gasteiger partial charge >= 0.3 is 0 Å². The van der Waals surface area contributed by atoms with Gasteiger partial charge in [0.1, 0.15) is 23.9 Å². The summed E-state index contributed by atoms with van der Waals surface area (Å²) in [5.74, 6) is 1.42. The molecule has 0 aliphatic carbocycles. The largest absolute Gasteiger partial charge is 0.485 e. The molecular formula is C25H25N3O5. The van der Waals surface area contributed by atoms with Crippen LogP contribution >= 0.6 is 0 Å². The molecular weight excluding hydrogens is 422 g/mol. The van der Waals surface area contributed by atoms with E-state index >= 15 is 0 Å². The lowest BCUT2D eigenvalue weighted by atomic mass is 10.1. The SMILES string of the molecule is Cc1ccc(OCc2cc(=O)n3oc(C)cc3n2)c(NC(=O)COc2cc(C)ccc2C)c1. The number of nitrogens with zero attached hydrogens (tertiary/aromatic N) is 2. The van der Waals surface area contributed by atoms with Crippen molar-refractivity contribution in [1.29, 1.82) is 0 Å². The number of benzene rings is 2. The molecule has 170 valence electrons. The smallest absolute Gasteiger partial charge is 0.287 e. The fourth-order valence-corrected chi connectivity index (χ4v) is 3.36. The summed E-state index contributed by atoms with van der Waals surface area (Å²) in [6.07, 6.45) is 0. The number of fused-ring (bicyclic) bond motifs is 1. The van der Waals surface area contributed by atoms with Crippen molar-refractivity contribution in [3.63, 3.8) is 0 Å². The van der Waals surface area contributed by atoms with Crippen LogP contribution in [0.4, 0.5) is 5.69 Å². The van der Waals surface area contributed by atoms with Crippen LogP contribution in [0.2, 0.25) is 0 Å². The van der Waals surface area contributed by atoms with E-state index < -0.39 is 0 Å². The number of aryl methyl sites for hydroxylation is 4. The molecule has 0 unspecified atom stereocenters. The number of aromatic nitrogens is 2. The molecule has 0 fully saturated rings. The summed E-state index contributed by atoms with van der Waals surface area (Å²) >= 11 is 0. The first kappa shape index (κ1) is 22.1. The van der Waals surface area contributed by atoms with Crippen molar-refractivity contribution in [2.75, 3.05) is 11.9 Å². The van der Waals surface area contributed by atoms with Gasteiger partial charge in [-0.2, -0.15) is 0 Å². The number of hydrogen-bond donors (Lipinski definition) is 1. The highest BCUT2D eigenvalue weighted by Crippen LogP contribution is 2.27. The van der Waals surface area contributed by atoms with E-state index in [0.29, 0.717) is 34.3 Å². The zero-order chi connectivity index (χ0) is 23.5. The standard InChI is InChI=1S/C25H25N3O5/c1-15-6-8-21(31-13-19-12-25(30)28-23(26-19)11-18(4)33-28)20(9-15)27-24(29)14-32-22-10-16(2)5-7-17(22)3/h5-12H,13-14H2,1-4H3,(H,27,29). The number of carbonyl (C=O) groups is 1. The Hall–Kier alpha value is -4.07. The summed E-state index contributed by atoms with van der Waals surface area (Å²) in [6, 6.07) is 14.4. The molecule has 2 heterocycles. The first-order valence-electron chi connectivity index (χ1n) is 10.5. The van der Waals surface area contributed by atoms with Crippen LogP contribution in [0.15, 0.2) is 57.8 Å². The monoisotopic (exact) mass is 447 g/mol. The number of carbonyl (C=O) groups excluding carboxylic acids is 1. The molecule has 0 saturated heterocycles. The molecule has 2 aromatic carbocycles. The van der Waals surface area contributed by atoms with Crippen molar-refractivity contribution in [1.82, 2.24) is 9.56 Å². The lowest BCUT2D eigenvalue weighted by molar-refractivity contribution is -0.118. The highest BCUT2D eigenvalue weighted by Gasteiger charge is 2.12. The van der Waals surface area contributed by atoms with Crippen LogP contribution in [0.1, 0.15) is 28.1 Å². The van der Waals surface area contributed by atoms with Gasteiger partial charge in [0.25, 0.3) is 11.5 Å². The number of amides is 1. The molecule has 8 heteroatoms. The fraction of sp³-hybridized carbons (Fsp3) is 0.240. The van der Waals surface area contributed by atoms with Crippen molar-refractivity contribution in [3.8, 4) is 11.5 Å². The second-order valence-corrected chi connectivity index (χ2v) is 7.98.